The summed E-state index contributed by atoms with van der Waals surface area (Å²) in [5.74, 6) is -0.764. The van der Waals surface area contributed by atoms with E-state index in [1.807, 2.05) is 0 Å². The molecule has 11 heteroatoms. The summed E-state index contributed by atoms with van der Waals surface area (Å²) >= 11 is 0. The number of hydrogen-bond donors (Lipinski definition) is 0. The molecule has 28 heavy (non-hydrogen) atoms. The molecule has 1 aromatic carbocycles. The zero-order chi connectivity index (χ0) is 21.0. The Kier molecular flexibility index (Phi) is 4.82. The minimum absolute atomic E-state index is 0.120. The third-order valence-corrected chi connectivity index (χ3v) is 6.25. The number of carbonyl (C=O) groups excluding carboxylic acids is 1. The van der Waals surface area contributed by atoms with Crippen LogP contribution in [0.3, 0.4) is 0 Å². The lowest BCUT2D eigenvalue weighted by molar-refractivity contribution is -0.275. The Morgan fingerprint density at radius 1 is 1.07 bits per heavy atom. The number of rotatable bonds is 3. The number of likely N-dealkylation sites (tertiary alicyclic amines) is 1. The lowest BCUT2D eigenvalue weighted by Crippen LogP contribution is -2.73. The van der Waals surface area contributed by atoms with E-state index in [1.165, 1.54) is 17.0 Å². The molecular weight excluding hydrogens is 401 g/mol. The van der Waals surface area contributed by atoms with Crippen LogP contribution in [0.4, 0.5) is 18.0 Å². The first-order valence-electron chi connectivity index (χ1n) is 8.54. The van der Waals surface area contributed by atoms with Crippen LogP contribution in [-0.2, 0) is 14.8 Å². The number of amides is 1. The van der Waals surface area contributed by atoms with Gasteiger partial charge in [0.15, 0.2) is 0 Å². The number of ether oxygens (including phenoxy) is 2. The van der Waals surface area contributed by atoms with E-state index in [2.05, 4.69) is 4.74 Å². The Balaban J connectivity index is 1.65. The molecule has 156 valence electrons. The Morgan fingerprint density at radius 2 is 1.64 bits per heavy atom. The highest BCUT2D eigenvalue weighted by Gasteiger charge is 2.57. The van der Waals surface area contributed by atoms with Gasteiger partial charge in [0, 0.05) is 31.6 Å². The summed E-state index contributed by atoms with van der Waals surface area (Å²) in [4.78, 5) is 12.9. The number of benzene rings is 1. The number of sulfonamides is 1. The van der Waals surface area contributed by atoms with E-state index in [-0.39, 0.29) is 18.5 Å². The fourth-order valence-electron chi connectivity index (χ4n) is 3.30. The molecule has 2 aliphatic heterocycles. The highest BCUT2D eigenvalue weighted by atomic mass is 32.2. The molecule has 0 aliphatic carbocycles. The molecule has 3 rings (SSSR count). The number of halogens is 3. The Labute approximate surface area is 161 Å². The first-order valence-corrected chi connectivity index (χ1v) is 9.98. The predicted octanol–water partition coefficient (Wildman–Crippen LogP) is 2.83. The fraction of sp³-hybridized carbons (Fsp3) is 0.588. The van der Waals surface area contributed by atoms with Crippen molar-refractivity contribution in [1.29, 1.82) is 0 Å². The van der Waals surface area contributed by atoms with Crippen LogP contribution in [0.2, 0.25) is 0 Å². The van der Waals surface area contributed by atoms with Crippen molar-refractivity contribution >= 4 is 16.1 Å². The predicted molar refractivity (Wildman–Crippen MR) is 92.1 cm³/mol. The van der Waals surface area contributed by atoms with Gasteiger partial charge in [-0.05, 0) is 32.9 Å². The van der Waals surface area contributed by atoms with Crippen molar-refractivity contribution in [3.05, 3.63) is 24.3 Å². The van der Waals surface area contributed by atoms with E-state index in [9.17, 15) is 26.4 Å². The average molecular weight is 422 g/mol. The van der Waals surface area contributed by atoms with Crippen LogP contribution in [0.5, 0.6) is 5.75 Å². The standard InChI is InChI=1S/C17H21F3N2O5S/c1-15(2,3)27-14(23)21-8-16(9-21)10-22(11-16)28(24,25)13-7-5-4-6-12(13)26-17(18,19)20/h4-7H,8-11H2,1-3H3. The van der Waals surface area contributed by atoms with Gasteiger partial charge in [0.2, 0.25) is 10.0 Å². The molecule has 2 heterocycles. The zero-order valence-electron chi connectivity index (χ0n) is 15.6. The van der Waals surface area contributed by atoms with Gasteiger partial charge in [0.05, 0.1) is 0 Å². The molecule has 1 aromatic rings. The van der Waals surface area contributed by atoms with Crippen LogP contribution in [0.25, 0.3) is 0 Å². The average Bonchev–Trinajstić information content (AvgIpc) is 2.40. The van der Waals surface area contributed by atoms with Gasteiger partial charge < -0.3 is 14.4 Å². The van der Waals surface area contributed by atoms with E-state index in [4.69, 9.17) is 4.74 Å². The van der Waals surface area contributed by atoms with Crippen LogP contribution in [0.1, 0.15) is 20.8 Å². The third-order valence-electron chi connectivity index (χ3n) is 4.42. The van der Waals surface area contributed by atoms with Crippen molar-refractivity contribution in [3.8, 4) is 5.75 Å². The first kappa shape index (κ1) is 20.7. The molecule has 1 amide bonds. The smallest absolute Gasteiger partial charge is 0.444 e. The molecule has 0 aromatic heterocycles. The van der Waals surface area contributed by atoms with E-state index < -0.39 is 38.7 Å². The van der Waals surface area contributed by atoms with Gasteiger partial charge in [-0.1, -0.05) is 12.1 Å². The van der Waals surface area contributed by atoms with E-state index >= 15 is 0 Å². The summed E-state index contributed by atoms with van der Waals surface area (Å²) < 4.78 is 73.3. The lowest BCUT2D eigenvalue weighted by Gasteiger charge is -2.58. The minimum Gasteiger partial charge on any atom is -0.444 e. The van der Waals surface area contributed by atoms with Crippen molar-refractivity contribution in [3.63, 3.8) is 0 Å². The minimum atomic E-state index is -5.00. The maximum absolute atomic E-state index is 12.7. The van der Waals surface area contributed by atoms with Crippen molar-refractivity contribution in [2.75, 3.05) is 26.2 Å². The number of carbonyl (C=O) groups is 1. The number of nitrogens with zero attached hydrogens (tertiary/aromatic N) is 2. The molecule has 0 bridgehead atoms. The summed E-state index contributed by atoms with van der Waals surface area (Å²) in [6.07, 6.45) is -5.47. The molecule has 0 radical (unpaired) electrons. The molecular formula is C17H21F3N2O5S. The zero-order valence-corrected chi connectivity index (χ0v) is 16.4. The van der Waals surface area contributed by atoms with Crippen LogP contribution >= 0.6 is 0 Å². The molecule has 0 unspecified atom stereocenters. The Hall–Kier alpha value is -2.01. The van der Waals surface area contributed by atoms with E-state index in [0.717, 1.165) is 16.4 Å². The molecule has 0 saturated carbocycles. The summed E-state index contributed by atoms with van der Waals surface area (Å²) in [6.45, 7) is 6.17. The molecule has 1 spiro atoms. The highest BCUT2D eigenvalue weighted by Crippen LogP contribution is 2.44. The first-order chi connectivity index (χ1) is 12.7. The normalized spacial score (nSPS) is 19.7. The maximum atomic E-state index is 12.7. The van der Waals surface area contributed by atoms with Crippen LogP contribution in [0.15, 0.2) is 29.2 Å². The second-order valence-electron chi connectivity index (χ2n) is 8.10. The number of hydrogen-bond acceptors (Lipinski definition) is 5. The molecule has 2 fully saturated rings. The van der Waals surface area contributed by atoms with E-state index in [0.29, 0.717) is 13.1 Å². The summed E-state index contributed by atoms with van der Waals surface area (Å²) in [6, 6.07) is 4.64. The second kappa shape index (κ2) is 6.51. The van der Waals surface area contributed by atoms with Gasteiger partial charge in [-0.25, -0.2) is 13.2 Å². The summed E-state index contributed by atoms with van der Waals surface area (Å²) in [5, 5.41) is 0. The monoisotopic (exact) mass is 422 g/mol. The summed E-state index contributed by atoms with van der Waals surface area (Å²) in [5.41, 5.74) is -1.01. The SMILES string of the molecule is CC(C)(C)OC(=O)N1CC2(C1)CN(S(=O)(=O)c1ccccc1OC(F)(F)F)C2. The van der Waals surface area contributed by atoms with Crippen LogP contribution in [0, 0.1) is 5.41 Å². The summed E-state index contributed by atoms with van der Waals surface area (Å²) in [7, 11) is -4.15. The topological polar surface area (TPSA) is 76.2 Å². The number of para-hydroxylation sites is 1. The Bertz CT molecular complexity index is 866. The van der Waals surface area contributed by atoms with Gasteiger partial charge in [-0.15, -0.1) is 13.2 Å². The fourth-order valence-corrected chi connectivity index (χ4v) is 5.08. The molecule has 0 N–H and O–H groups in total. The van der Waals surface area contributed by atoms with Crippen molar-refractivity contribution in [2.24, 2.45) is 5.41 Å². The van der Waals surface area contributed by atoms with Gasteiger partial charge in [0.25, 0.3) is 0 Å². The van der Waals surface area contributed by atoms with E-state index in [1.54, 1.807) is 20.8 Å². The van der Waals surface area contributed by atoms with Gasteiger partial charge in [0.1, 0.15) is 16.2 Å². The molecule has 2 saturated heterocycles. The van der Waals surface area contributed by atoms with Crippen LogP contribution in [-0.4, -0.2) is 61.9 Å². The van der Waals surface area contributed by atoms with Crippen molar-refractivity contribution < 1.29 is 35.9 Å². The van der Waals surface area contributed by atoms with Gasteiger partial charge >= 0.3 is 12.5 Å². The Morgan fingerprint density at radius 3 is 2.18 bits per heavy atom. The third kappa shape index (κ3) is 4.19. The van der Waals surface area contributed by atoms with Gasteiger partial charge in [-0.3, -0.25) is 0 Å². The van der Waals surface area contributed by atoms with Gasteiger partial charge in [-0.2, -0.15) is 4.31 Å². The second-order valence-corrected chi connectivity index (χ2v) is 10.0. The lowest BCUT2D eigenvalue weighted by atomic mass is 9.75. The van der Waals surface area contributed by atoms with Crippen LogP contribution < -0.4 is 4.74 Å². The quantitative estimate of drug-likeness (QED) is 0.749. The van der Waals surface area contributed by atoms with Crippen molar-refractivity contribution in [2.45, 2.75) is 37.6 Å². The molecule has 2 aliphatic rings. The molecule has 0 atom stereocenters. The maximum Gasteiger partial charge on any atom is 0.573 e. The number of alkyl halides is 3. The molecule has 7 nitrogen and oxygen atoms in total. The highest BCUT2D eigenvalue weighted by molar-refractivity contribution is 7.89. The largest absolute Gasteiger partial charge is 0.573 e. The van der Waals surface area contributed by atoms with Crippen molar-refractivity contribution in [1.82, 2.24) is 9.21 Å².